The van der Waals surface area contributed by atoms with Crippen molar-refractivity contribution in [2.75, 3.05) is 19.4 Å². The summed E-state index contributed by atoms with van der Waals surface area (Å²) in [6, 6.07) is 19.2. The average Bonchev–Trinajstić information content (AvgIpc) is 1.57. The molecule has 1 heterocycles. The Morgan fingerprint density at radius 2 is 1.19 bits per heavy atom. The molecule has 0 aromatic heterocycles. The molecular formula is C81H115F2O7PSi2. The highest BCUT2D eigenvalue weighted by molar-refractivity contribution is 7.78. The van der Waals surface area contributed by atoms with Crippen LogP contribution in [0.4, 0.5) is 8.78 Å². The zero-order valence-corrected chi connectivity index (χ0v) is 62.3. The molecule has 0 amide bonds. The van der Waals surface area contributed by atoms with E-state index in [1.165, 1.54) is 63.4 Å². The zero-order valence-electron chi connectivity index (χ0n) is 59.4. The molecule has 0 radical (unpaired) electrons. The first kappa shape index (κ1) is 74.5. The van der Waals surface area contributed by atoms with Crippen LogP contribution in [-0.2, 0) is 22.9 Å². The summed E-state index contributed by atoms with van der Waals surface area (Å²) in [6.07, 6.45) is 27.7. The van der Waals surface area contributed by atoms with Crippen LogP contribution in [0.15, 0.2) is 143 Å². The molecule has 11 rings (SSSR count). The van der Waals surface area contributed by atoms with Crippen LogP contribution in [0.1, 0.15) is 191 Å². The van der Waals surface area contributed by atoms with Crippen molar-refractivity contribution < 1.29 is 41.9 Å². The van der Waals surface area contributed by atoms with Crippen molar-refractivity contribution in [3.63, 3.8) is 0 Å². The summed E-state index contributed by atoms with van der Waals surface area (Å²) >= 11 is 0. The summed E-state index contributed by atoms with van der Waals surface area (Å²) in [7, 11) is -6.51. The number of allylic oxidation sites excluding steroid dienone is 10. The fraction of sp³-hybridized carbons (Fsp3) is 0.617. The average molecular weight is 1330 g/mol. The lowest BCUT2D eigenvalue weighted by Gasteiger charge is -2.43. The number of Topliss-reactive ketones (excluding diaryl/α,β-unsaturated/α-hetero) is 1. The van der Waals surface area contributed by atoms with Crippen molar-refractivity contribution in [2.45, 2.75) is 264 Å². The number of carbonyl (C=O) groups excluding carboxylic acids is 1. The standard InChI is InChI=1S/C28H37FO2.C27H36FO2PSi.C22H34O2Si.C4H8O/c1-19-21(17-22(30)18-24(19)29)9-8-20-7-5-13-27(4)23(20)10-11-25(27)28(15-16-28)14-6-12-26(2,3)31;1-21-22(19-23(20-26(21)28)30-32(5,6)27(2,3)4)17-18-31(29,24-13-9-7-10-14-24)25-15-11-8-12-16-25;1-20(2,24-25(4,5)6)12-8-14-22(15-16-22)19-11-10-17-18(23)9-7-13-21(17,19)3;1-2-4-5-3-1/h8-9,11,22-24,30-31H,1,5,7,10,13-18H2,2-4H3;7-17,23,26H,1,18-20H2,2-6H3;11,17H,7,9-10,13-16H2,1-6H3;1-4H2/b20-8+,21-9-;22-17-;;/t22?,23?,24-,27-;23-,26+;17?,21-;/m010./s1. The lowest BCUT2D eigenvalue weighted by molar-refractivity contribution is -0.128. The van der Waals surface area contributed by atoms with E-state index in [0.717, 1.165) is 79.9 Å². The quantitative estimate of drug-likeness (QED) is 0.0891. The first-order chi connectivity index (χ1) is 43.5. The summed E-state index contributed by atoms with van der Waals surface area (Å²) in [5.41, 5.74) is 6.79. The fourth-order valence-electron chi connectivity index (χ4n) is 15.8. The molecule has 6 saturated carbocycles. The van der Waals surface area contributed by atoms with Gasteiger partial charge in [-0.2, -0.15) is 0 Å². The summed E-state index contributed by atoms with van der Waals surface area (Å²) in [4.78, 5) is 12.4. The smallest absolute Gasteiger partial charge is 0.192 e. The predicted octanol–water partition coefficient (Wildman–Crippen LogP) is 19.3. The number of hydrogen-bond donors (Lipinski definition) is 2. The number of rotatable bonds is 13. The molecule has 0 spiro atoms. The molecule has 12 heteroatoms. The molecule has 508 valence electrons. The molecule has 2 N–H and O–H groups in total. The Kier molecular flexibility index (Phi) is 23.9. The van der Waals surface area contributed by atoms with Crippen molar-refractivity contribution >= 4 is 40.2 Å². The molecule has 2 aromatic rings. The van der Waals surface area contributed by atoms with Crippen LogP contribution in [0.25, 0.3) is 0 Å². The largest absolute Gasteiger partial charge is 0.413 e. The van der Waals surface area contributed by atoms with E-state index in [0.29, 0.717) is 48.3 Å². The van der Waals surface area contributed by atoms with Gasteiger partial charge in [0.15, 0.2) is 16.6 Å². The number of halogens is 2. The SMILES string of the molecule is C1CCOC1.C=C1/C(=C\C=C2/CCC[C@]3(C)C(C4(CC#CC(C)(C)O)CC4)=CCC23)CC(O)C[C@@H]1F.C=C1/C(=C\CP(=O)(c2ccccc2)c2ccccc2)C[C@@H](O[Si](C)(C)C(C)(C)C)C[C@@H]1F.CC(C)(C#CCC1(C2=CCC3C(=O)CCC[C@]23C)CC1)O[Si](C)(C)C. The molecule has 0 bridgehead atoms. The van der Waals surface area contributed by atoms with Gasteiger partial charge in [0.2, 0.25) is 0 Å². The predicted molar refractivity (Wildman–Crippen MR) is 388 cm³/mol. The van der Waals surface area contributed by atoms with Gasteiger partial charge < -0.3 is 28.4 Å². The normalized spacial score (nSPS) is 29.5. The van der Waals surface area contributed by atoms with Gasteiger partial charge in [0.25, 0.3) is 0 Å². The van der Waals surface area contributed by atoms with Gasteiger partial charge in [-0.05, 0) is 201 Å². The highest BCUT2D eigenvalue weighted by Gasteiger charge is 2.58. The van der Waals surface area contributed by atoms with Gasteiger partial charge >= 0.3 is 0 Å². The van der Waals surface area contributed by atoms with E-state index in [-0.39, 0.29) is 50.7 Å². The number of fused-ring (bicyclic) bond motifs is 2. The molecule has 7 nitrogen and oxygen atoms in total. The van der Waals surface area contributed by atoms with Gasteiger partial charge in [-0.15, -0.1) is 0 Å². The highest BCUT2D eigenvalue weighted by Crippen LogP contribution is 2.68. The van der Waals surface area contributed by atoms with Gasteiger partial charge in [0.05, 0.1) is 12.2 Å². The Labute approximate surface area is 563 Å². The summed E-state index contributed by atoms with van der Waals surface area (Å²) in [5.74, 6) is 14.4. The van der Waals surface area contributed by atoms with Crippen molar-refractivity contribution in [3.05, 3.63) is 143 Å². The summed E-state index contributed by atoms with van der Waals surface area (Å²) < 4.78 is 61.1. The fourth-order valence-corrected chi connectivity index (χ4v) is 21.3. The second-order valence-electron chi connectivity index (χ2n) is 32.7. The first-order valence-electron chi connectivity index (χ1n) is 35.2. The van der Waals surface area contributed by atoms with E-state index in [1.807, 2.05) is 72.8 Å². The van der Waals surface area contributed by atoms with E-state index in [2.05, 4.69) is 136 Å². The third-order valence-corrected chi connectivity index (χ3v) is 30.6. The summed E-state index contributed by atoms with van der Waals surface area (Å²) in [6.45, 7) is 40.0. The van der Waals surface area contributed by atoms with E-state index >= 15 is 0 Å². The lowest BCUT2D eigenvalue weighted by Crippen LogP contribution is -2.45. The van der Waals surface area contributed by atoms with Gasteiger partial charge in [-0.1, -0.05) is 179 Å². The number of aliphatic hydroxyl groups is 2. The summed E-state index contributed by atoms with van der Waals surface area (Å²) in [5, 5.41) is 21.6. The third-order valence-electron chi connectivity index (χ3n) is 22.0. The number of aliphatic hydroxyl groups excluding tert-OH is 1. The molecule has 1 saturated heterocycles. The number of ketones is 1. The van der Waals surface area contributed by atoms with E-state index < -0.39 is 47.8 Å². The lowest BCUT2D eigenvalue weighted by atomic mass is 9.61. The van der Waals surface area contributed by atoms with Gasteiger partial charge in [-0.3, -0.25) is 4.79 Å². The van der Waals surface area contributed by atoms with Gasteiger partial charge in [-0.25, -0.2) is 8.78 Å². The van der Waals surface area contributed by atoms with Crippen LogP contribution < -0.4 is 10.6 Å². The minimum absolute atomic E-state index is 0.0630. The van der Waals surface area contributed by atoms with Crippen LogP contribution in [0.2, 0.25) is 37.8 Å². The van der Waals surface area contributed by atoms with Crippen molar-refractivity contribution in [2.24, 2.45) is 33.5 Å². The number of carbonyl (C=O) groups is 1. The van der Waals surface area contributed by atoms with Crippen molar-refractivity contribution in [3.8, 4) is 23.7 Å². The third kappa shape index (κ3) is 18.7. The topological polar surface area (TPSA) is 102 Å². The van der Waals surface area contributed by atoms with E-state index in [9.17, 15) is 28.4 Å². The van der Waals surface area contributed by atoms with Crippen molar-refractivity contribution in [1.29, 1.82) is 0 Å². The zero-order chi connectivity index (χ0) is 68.1. The Hall–Kier alpha value is -4.27. The Bertz CT molecular complexity index is 3290. The number of ether oxygens (including phenoxy) is 1. The molecule has 9 aliphatic rings. The van der Waals surface area contributed by atoms with Crippen LogP contribution in [0, 0.1) is 57.2 Å². The van der Waals surface area contributed by atoms with E-state index in [4.69, 9.17) is 13.6 Å². The minimum atomic E-state index is -2.90. The molecule has 93 heavy (non-hydrogen) atoms. The van der Waals surface area contributed by atoms with Crippen LogP contribution in [0.3, 0.4) is 0 Å². The Morgan fingerprint density at radius 3 is 1.70 bits per heavy atom. The molecule has 1 aliphatic heterocycles. The maximum Gasteiger partial charge on any atom is 0.192 e. The number of hydrogen-bond acceptors (Lipinski definition) is 7. The maximum absolute atomic E-state index is 14.9. The van der Waals surface area contributed by atoms with E-state index in [1.54, 1.807) is 25.0 Å². The van der Waals surface area contributed by atoms with Crippen LogP contribution in [0.5, 0.6) is 0 Å². The first-order valence-corrected chi connectivity index (χ1v) is 43.4. The van der Waals surface area contributed by atoms with Gasteiger partial charge in [0.1, 0.15) is 36.5 Å². The van der Waals surface area contributed by atoms with Crippen LogP contribution in [-0.4, -0.2) is 87.8 Å². The monoisotopic (exact) mass is 1320 g/mol. The molecule has 7 fully saturated rings. The Morgan fingerprint density at radius 1 is 0.688 bits per heavy atom. The maximum atomic E-state index is 14.9. The molecule has 8 atom stereocenters. The highest BCUT2D eigenvalue weighted by atomic mass is 31.2. The Balaban J connectivity index is 0.000000173. The number of benzene rings is 2. The van der Waals surface area contributed by atoms with Crippen molar-refractivity contribution in [1.82, 2.24) is 0 Å². The van der Waals surface area contributed by atoms with Crippen LogP contribution >= 0.6 is 7.14 Å². The molecule has 3 unspecified atom stereocenters. The molecule has 8 aliphatic carbocycles. The second kappa shape index (κ2) is 29.8. The van der Waals surface area contributed by atoms with Gasteiger partial charge in [0, 0.05) is 78.8 Å². The minimum Gasteiger partial charge on any atom is -0.413 e. The molecular weight excluding hydrogens is 1210 g/mol. The number of alkyl halides is 2. The second-order valence-corrected chi connectivity index (χ2v) is 44.8. The molecule has 2 aromatic carbocycles.